The Bertz CT molecular complexity index is 344. The van der Waals surface area contributed by atoms with Crippen LogP contribution in [0.5, 0.6) is 0 Å². The van der Waals surface area contributed by atoms with Crippen molar-refractivity contribution < 1.29 is 4.42 Å². The van der Waals surface area contributed by atoms with Crippen LogP contribution < -0.4 is 11.1 Å². The molecule has 2 atom stereocenters. The van der Waals surface area contributed by atoms with E-state index in [1.165, 1.54) is 32.1 Å². The third kappa shape index (κ3) is 3.19. The van der Waals surface area contributed by atoms with E-state index in [1.54, 1.807) is 0 Å². The van der Waals surface area contributed by atoms with E-state index in [1.807, 2.05) is 6.92 Å². The van der Waals surface area contributed by atoms with E-state index >= 15 is 0 Å². The van der Waals surface area contributed by atoms with Gasteiger partial charge in [-0.05, 0) is 32.6 Å². The van der Waals surface area contributed by atoms with Gasteiger partial charge < -0.3 is 15.5 Å². The zero-order valence-corrected chi connectivity index (χ0v) is 10.6. The predicted molar refractivity (Wildman–Crippen MR) is 66.6 cm³/mol. The van der Waals surface area contributed by atoms with E-state index in [0.717, 1.165) is 5.92 Å². The van der Waals surface area contributed by atoms with Crippen LogP contribution in [-0.2, 0) is 0 Å². The largest absolute Gasteiger partial charge is 0.406 e. The van der Waals surface area contributed by atoms with Crippen molar-refractivity contribution >= 4 is 6.01 Å². The molecular weight excluding hydrogens is 216 g/mol. The van der Waals surface area contributed by atoms with Gasteiger partial charge in [0.15, 0.2) is 0 Å². The topological polar surface area (TPSA) is 77.0 Å². The van der Waals surface area contributed by atoms with Crippen LogP contribution in [0.4, 0.5) is 6.01 Å². The van der Waals surface area contributed by atoms with Gasteiger partial charge in [0.2, 0.25) is 5.89 Å². The number of aromatic nitrogens is 2. The fraction of sp³-hybridized carbons (Fsp3) is 0.833. The molecule has 2 rings (SSSR count). The van der Waals surface area contributed by atoms with Gasteiger partial charge in [-0.1, -0.05) is 24.4 Å². The quantitative estimate of drug-likeness (QED) is 0.842. The average Bonchev–Trinajstić information content (AvgIpc) is 2.79. The molecule has 1 heterocycles. The zero-order chi connectivity index (χ0) is 12.3. The molecule has 1 aliphatic carbocycles. The standard InChI is InChI=1S/C12H22N4O/c1-8(13)11-15-16-12(17-11)14-9(2)10-6-4-3-5-7-10/h8-10H,3-7,13H2,1-2H3,(H,14,16). The molecule has 1 aliphatic rings. The Labute approximate surface area is 102 Å². The van der Waals surface area contributed by atoms with Crippen molar-refractivity contribution in [3.05, 3.63) is 5.89 Å². The summed E-state index contributed by atoms with van der Waals surface area (Å²) in [6.07, 6.45) is 6.64. The minimum atomic E-state index is -0.206. The maximum atomic E-state index is 5.68. The average molecular weight is 238 g/mol. The molecular formula is C12H22N4O. The number of nitrogens with two attached hydrogens (primary N) is 1. The van der Waals surface area contributed by atoms with Crippen LogP contribution in [0.2, 0.25) is 0 Å². The van der Waals surface area contributed by atoms with Gasteiger partial charge in [-0.2, -0.15) is 0 Å². The maximum Gasteiger partial charge on any atom is 0.315 e. The summed E-state index contributed by atoms with van der Waals surface area (Å²) in [5.41, 5.74) is 5.68. The molecule has 1 aromatic rings. The summed E-state index contributed by atoms with van der Waals surface area (Å²) in [5, 5.41) is 11.2. The molecule has 5 nitrogen and oxygen atoms in total. The normalized spacial score (nSPS) is 21.1. The zero-order valence-electron chi connectivity index (χ0n) is 10.6. The van der Waals surface area contributed by atoms with Crippen LogP contribution in [0.1, 0.15) is 57.9 Å². The lowest BCUT2D eigenvalue weighted by atomic mass is 9.85. The van der Waals surface area contributed by atoms with Gasteiger partial charge in [0.25, 0.3) is 0 Å². The van der Waals surface area contributed by atoms with Crippen molar-refractivity contribution in [2.24, 2.45) is 11.7 Å². The Morgan fingerprint density at radius 2 is 1.94 bits per heavy atom. The highest BCUT2D eigenvalue weighted by Crippen LogP contribution is 2.27. The molecule has 17 heavy (non-hydrogen) atoms. The summed E-state index contributed by atoms with van der Waals surface area (Å²) in [4.78, 5) is 0. The van der Waals surface area contributed by atoms with Gasteiger partial charge in [-0.25, -0.2) is 0 Å². The fourth-order valence-corrected chi connectivity index (χ4v) is 2.42. The molecule has 0 spiro atoms. The van der Waals surface area contributed by atoms with Crippen molar-refractivity contribution in [2.45, 2.75) is 58.0 Å². The molecule has 1 fully saturated rings. The van der Waals surface area contributed by atoms with Crippen molar-refractivity contribution in [3.63, 3.8) is 0 Å². The minimum Gasteiger partial charge on any atom is -0.406 e. The summed E-state index contributed by atoms with van der Waals surface area (Å²) >= 11 is 0. The third-order valence-corrected chi connectivity index (χ3v) is 3.54. The second-order valence-electron chi connectivity index (χ2n) is 5.07. The lowest BCUT2D eigenvalue weighted by Crippen LogP contribution is -2.27. The summed E-state index contributed by atoms with van der Waals surface area (Å²) in [5.74, 6) is 1.21. The number of anilines is 1. The Kier molecular flexibility index (Phi) is 3.99. The Morgan fingerprint density at radius 3 is 2.53 bits per heavy atom. The van der Waals surface area contributed by atoms with Crippen LogP contribution in [-0.4, -0.2) is 16.2 Å². The second kappa shape index (κ2) is 5.49. The molecule has 5 heteroatoms. The van der Waals surface area contributed by atoms with Gasteiger partial charge in [0.05, 0.1) is 6.04 Å². The molecule has 2 unspecified atom stereocenters. The first-order valence-corrected chi connectivity index (χ1v) is 6.52. The van der Waals surface area contributed by atoms with Crippen molar-refractivity contribution in [3.8, 4) is 0 Å². The number of nitrogens with zero attached hydrogens (tertiary/aromatic N) is 2. The van der Waals surface area contributed by atoms with Crippen molar-refractivity contribution in [1.82, 2.24) is 10.2 Å². The van der Waals surface area contributed by atoms with Crippen LogP contribution in [0.25, 0.3) is 0 Å². The van der Waals surface area contributed by atoms with E-state index in [2.05, 4.69) is 22.4 Å². The highest BCUT2D eigenvalue weighted by Gasteiger charge is 2.21. The van der Waals surface area contributed by atoms with Gasteiger partial charge >= 0.3 is 6.01 Å². The fourth-order valence-electron chi connectivity index (χ4n) is 2.42. The number of hydrogen-bond donors (Lipinski definition) is 2. The molecule has 0 saturated heterocycles. The van der Waals surface area contributed by atoms with E-state index in [-0.39, 0.29) is 6.04 Å². The lowest BCUT2D eigenvalue weighted by molar-refractivity contribution is 0.324. The van der Waals surface area contributed by atoms with Crippen molar-refractivity contribution in [2.75, 3.05) is 5.32 Å². The number of nitrogens with one attached hydrogen (secondary N) is 1. The highest BCUT2D eigenvalue weighted by molar-refractivity contribution is 5.19. The Hall–Kier alpha value is -1.10. The van der Waals surface area contributed by atoms with E-state index in [9.17, 15) is 0 Å². The predicted octanol–water partition coefficient (Wildman–Crippen LogP) is 2.47. The Balaban J connectivity index is 1.90. The number of hydrogen-bond acceptors (Lipinski definition) is 5. The van der Waals surface area contributed by atoms with Gasteiger partial charge in [-0.3, -0.25) is 0 Å². The Morgan fingerprint density at radius 1 is 1.24 bits per heavy atom. The van der Waals surface area contributed by atoms with Gasteiger partial charge in [0.1, 0.15) is 0 Å². The van der Waals surface area contributed by atoms with Crippen LogP contribution in [0.15, 0.2) is 4.42 Å². The first-order chi connectivity index (χ1) is 8.16. The minimum absolute atomic E-state index is 0.206. The summed E-state index contributed by atoms with van der Waals surface area (Å²) in [7, 11) is 0. The van der Waals surface area contributed by atoms with Crippen LogP contribution in [0.3, 0.4) is 0 Å². The first kappa shape index (κ1) is 12.4. The summed E-state index contributed by atoms with van der Waals surface area (Å²) in [6, 6.07) is 0.676. The SMILES string of the molecule is CC(N)c1nnc(NC(C)C2CCCCC2)o1. The molecule has 0 bridgehead atoms. The summed E-state index contributed by atoms with van der Waals surface area (Å²) in [6.45, 7) is 4.02. The van der Waals surface area contributed by atoms with Crippen molar-refractivity contribution in [1.29, 1.82) is 0 Å². The third-order valence-electron chi connectivity index (χ3n) is 3.54. The molecule has 0 aromatic carbocycles. The van der Waals surface area contributed by atoms with E-state index in [4.69, 9.17) is 10.2 Å². The monoisotopic (exact) mass is 238 g/mol. The van der Waals surface area contributed by atoms with Crippen LogP contribution in [0, 0.1) is 5.92 Å². The molecule has 1 saturated carbocycles. The van der Waals surface area contributed by atoms with Crippen LogP contribution >= 0.6 is 0 Å². The van der Waals surface area contributed by atoms with E-state index in [0.29, 0.717) is 17.9 Å². The molecule has 3 N–H and O–H groups in total. The number of rotatable bonds is 4. The molecule has 1 aromatic heterocycles. The van der Waals surface area contributed by atoms with E-state index < -0.39 is 0 Å². The highest BCUT2D eigenvalue weighted by atomic mass is 16.4. The molecule has 96 valence electrons. The first-order valence-electron chi connectivity index (χ1n) is 6.52. The maximum absolute atomic E-state index is 5.68. The molecule has 0 radical (unpaired) electrons. The summed E-state index contributed by atoms with van der Waals surface area (Å²) < 4.78 is 5.45. The van der Waals surface area contributed by atoms with Gasteiger partial charge in [-0.15, -0.1) is 5.10 Å². The molecule has 0 amide bonds. The lowest BCUT2D eigenvalue weighted by Gasteiger charge is -2.27. The second-order valence-corrected chi connectivity index (χ2v) is 5.07. The molecule has 0 aliphatic heterocycles. The smallest absolute Gasteiger partial charge is 0.315 e. The van der Waals surface area contributed by atoms with Gasteiger partial charge in [0, 0.05) is 6.04 Å².